The van der Waals surface area contributed by atoms with Crippen molar-refractivity contribution in [3.63, 3.8) is 0 Å². The number of piperidine rings is 1. The van der Waals surface area contributed by atoms with Crippen molar-refractivity contribution in [1.29, 1.82) is 0 Å². The van der Waals surface area contributed by atoms with Crippen LogP contribution in [0.15, 0.2) is 18.2 Å². The second-order valence-corrected chi connectivity index (χ2v) is 5.66. The summed E-state index contributed by atoms with van der Waals surface area (Å²) in [6.07, 6.45) is 0.295. The van der Waals surface area contributed by atoms with Crippen LogP contribution in [0.1, 0.15) is 33.6 Å². The zero-order valence-corrected chi connectivity index (χ0v) is 12.1. The fraction of sp³-hybridized carbons (Fsp3) is 0.231. The van der Waals surface area contributed by atoms with Crippen LogP contribution in [0.5, 0.6) is 0 Å². The van der Waals surface area contributed by atoms with Crippen molar-refractivity contribution in [1.82, 2.24) is 10.2 Å². The molecule has 1 N–H and O–H groups in total. The van der Waals surface area contributed by atoms with Gasteiger partial charge in [-0.05, 0) is 0 Å². The summed E-state index contributed by atoms with van der Waals surface area (Å²) >= 11 is 2.24. The van der Waals surface area contributed by atoms with E-state index in [-0.39, 0.29) is 18.7 Å². The number of nitrogens with one attached hydrogen (secondary N) is 1. The third-order valence-electron chi connectivity index (χ3n) is 3.45. The number of carbonyl (C=O) groups excluding carboxylic acids is 4. The third-order valence-corrected chi connectivity index (χ3v) is 4.23. The number of imide groups is 2. The number of hydrogen-bond acceptors (Lipinski definition) is 4. The van der Waals surface area contributed by atoms with Crippen molar-refractivity contribution in [2.24, 2.45) is 0 Å². The number of amides is 4. The molecule has 6 nitrogen and oxygen atoms in total. The van der Waals surface area contributed by atoms with Crippen LogP contribution >= 0.6 is 0 Å². The molecule has 2 radical (unpaired) electrons. The molecule has 2 aliphatic heterocycles. The molecule has 20 heavy (non-hydrogen) atoms. The number of fused-ring (bicyclic) bond motifs is 1. The second-order valence-electron chi connectivity index (χ2n) is 4.65. The molecule has 3 rings (SSSR count). The van der Waals surface area contributed by atoms with Crippen LogP contribution in [-0.2, 0) is 9.59 Å². The first-order valence-corrected chi connectivity index (χ1v) is 6.98. The number of nitrogens with zero attached hydrogens (tertiary/aromatic N) is 1. The van der Waals surface area contributed by atoms with E-state index in [4.69, 9.17) is 0 Å². The molecular formula is C13H9AsN2O4. The van der Waals surface area contributed by atoms with Crippen molar-refractivity contribution in [2.45, 2.75) is 18.9 Å². The average molecular weight is 332 g/mol. The second kappa shape index (κ2) is 4.56. The molecule has 0 aromatic heterocycles. The van der Waals surface area contributed by atoms with Gasteiger partial charge in [0.15, 0.2) is 0 Å². The van der Waals surface area contributed by atoms with Crippen LogP contribution in [0.25, 0.3) is 0 Å². The van der Waals surface area contributed by atoms with Gasteiger partial charge in [-0.3, -0.25) is 0 Å². The molecule has 1 saturated heterocycles. The molecular weight excluding hydrogens is 323 g/mol. The van der Waals surface area contributed by atoms with Gasteiger partial charge in [-0.15, -0.1) is 0 Å². The first-order valence-electron chi connectivity index (χ1n) is 6.04. The summed E-state index contributed by atoms with van der Waals surface area (Å²) in [7, 11) is 0. The van der Waals surface area contributed by atoms with Crippen molar-refractivity contribution < 1.29 is 19.2 Å². The maximum atomic E-state index is 12.4. The van der Waals surface area contributed by atoms with Gasteiger partial charge in [-0.25, -0.2) is 0 Å². The Morgan fingerprint density at radius 3 is 2.55 bits per heavy atom. The zero-order valence-electron chi connectivity index (χ0n) is 10.3. The first kappa shape index (κ1) is 13.1. The number of hydrogen-bond donors (Lipinski definition) is 1. The maximum absolute atomic E-state index is 12.4. The van der Waals surface area contributed by atoms with Gasteiger partial charge in [0.1, 0.15) is 0 Å². The quantitative estimate of drug-likeness (QED) is 0.522. The minimum absolute atomic E-state index is 0.124. The number of benzene rings is 1. The summed E-state index contributed by atoms with van der Waals surface area (Å²) in [6.45, 7) is 0. The van der Waals surface area contributed by atoms with E-state index in [1.807, 2.05) is 0 Å². The fourth-order valence-electron chi connectivity index (χ4n) is 2.50. The molecule has 0 spiro atoms. The van der Waals surface area contributed by atoms with E-state index in [9.17, 15) is 19.2 Å². The van der Waals surface area contributed by atoms with E-state index >= 15 is 0 Å². The van der Waals surface area contributed by atoms with Crippen molar-refractivity contribution in [3.05, 3.63) is 29.3 Å². The van der Waals surface area contributed by atoms with Crippen LogP contribution in [0.3, 0.4) is 0 Å². The van der Waals surface area contributed by atoms with E-state index in [0.717, 1.165) is 4.90 Å². The van der Waals surface area contributed by atoms with Crippen LogP contribution in [-0.4, -0.2) is 51.4 Å². The Bertz CT molecular complexity index is 670. The molecule has 0 bridgehead atoms. The van der Waals surface area contributed by atoms with E-state index in [2.05, 4.69) is 22.2 Å². The summed E-state index contributed by atoms with van der Waals surface area (Å²) in [6, 6.07) is 4.06. The summed E-state index contributed by atoms with van der Waals surface area (Å²) in [4.78, 5) is 48.6. The van der Waals surface area contributed by atoms with Gasteiger partial charge in [-0.1, -0.05) is 0 Å². The Kier molecular flexibility index (Phi) is 2.98. The van der Waals surface area contributed by atoms with Crippen LogP contribution < -0.4 is 9.67 Å². The van der Waals surface area contributed by atoms with Gasteiger partial charge >= 0.3 is 122 Å². The molecule has 2 aliphatic rings. The Labute approximate surface area is 123 Å². The van der Waals surface area contributed by atoms with Gasteiger partial charge in [-0.2, -0.15) is 0 Å². The minimum atomic E-state index is -0.910. The van der Waals surface area contributed by atoms with Crippen molar-refractivity contribution in [3.8, 4) is 0 Å². The third kappa shape index (κ3) is 1.79. The van der Waals surface area contributed by atoms with Crippen molar-refractivity contribution >= 4 is 44.8 Å². The van der Waals surface area contributed by atoms with Gasteiger partial charge in [0.25, 0.3) is 0 Å². The predicted molar refractivity (Wildman–Crippen MR) is 68.5 cm³/mol. The van der Waals surface area contributed by atoms with Crippen LogP contribution in [0, 0.1) is 0 Å². The molecule has 1 aromatic carbocycles. The first-order chi connectivity index (χ1) is 9.50. The molecule has 2 heterocycles. The summed E-state index contributed by atoms with van der Waals surface area (Å²) in [5.74, 6) is -1.93. The summed E-state index contributed by atoms with van der Waals surface area (Å²) in [5.41, 5.74) is 0.625. The molecule has 1 atom stereocenters. The fourth-order valence-corrected chi connectivity index (χ4v) is 3.13. The number of rotatable bonds is 1. The Morgan fingerprint density at radius 2 is 1.90 bits per heavy atom. The van der Waals surface area contributed by atoms with E-state index in [0.29, 0.717) is 15.5 Å². The summed E-state index contributed by atoms with van der Waals surface area (Å²) in [5, 5.41) is 2.16. The molecule has 100 valence electrons. The normalized spacial score (nSPS) is 22.1. The van der Waals surface area contributed by atoms with E-state index in [1.165, 1.54) is 0 Å². The van der Waals surface area contributed by atoms with Gasteiger partial charge < -0.3 is 0 Å². The molecule has 0 saturated carbocycles. The summed E-state index contributed by atoms with van der Waals surface area (Å²) < 4.78 is 0.642. The molecule has 1 unspecified atom stereocenters. The zero-order chi connectivity index (χ0) is 14.4. The van der Waals surface area contributed by atoms with E-state index < -0.39 is 23.8 Å². The van der Waals surface area contributed by atoms with Gasteiger partial charge in [0.05, 0.1) is 0 Å². The van der Waals surface area contributed by atoms with Crippen molar-refractivity contribution in [2.75, 3.05) is 0 Å². The monoisotopic (exact) mass is 332 g/mol. The molecule has 0 aliphatic carbocycles. The average Bonchev–Trinajstić information content (AvgIpc) is 2.64. The predicted octanol–water partition coefficient (Wildman–Crippen LogP) is -1.12. The SMILES string of the molecule is O=C1CCC(N2C(=O)c3cccc([As])c3C2=O)C(=O)N1. The Morgan fingerprint density at radius 1 is 1.15 bits per heavy atom. The van der Waals surface area contributed by atoms with Crippen LogP contribution in [0.2, 0.25) is 0 Å². The molecule has 4 amide bonds. The van der Waals surface area contributed by atoms with E-state index in [1.54, 1.807) is 18.2 Å². The molecule has 1 aromatic rings. The topological polar surface area (TPSA) is 83.6 Å². The van der Waals surface area contributed by atoms with Gasteiger partial charge in [0.2, 0.25) is 0 Å². The molecule has 7 heteroatoms. The van der Waals surface area contributed by atoms with Crippen LogP contribution in [0.4, 0.5) is 0 Å². The van der Waals surface area contributed by atoms with Gasteiger partial charge in [0, 0.05) is 0 Å². The molecule has 1 fully saturated rings. The standard InChI is InChI=1S/C13H9AsN2O4/c14-7-3-1-2-6-10(7)13(20)16(12(6)19)8-4-5-9(17)15-11(8)18/h1-3,8H,4-5H2,(H,15,17,18). The number of carbonyl (C=O) groups is 4. The Balaban J connectivity index is 2.00. The Hall–Kier alpha value is -1.94.